The zero-order valence-corrected chi connectivity index (χ0v) is 11.8. The van der Waals surface area contributed by atoms with Gasteiger partial charge in [0.1, 0.15) is 0 Å². The minimum absolute atomic E-state index is 0.199. The van der Waals surface area contributed by atoms with Crippen LogP contribution in [0.3, 0.4) is 0 Å². The lowest BCUT2D eigenvalue weighted by Gasteiger charge is -2.37. The molecule has 0 saturated heterocycles. The molecule has 1 saturated carbocycles. The Morgan fingerprint density at radius 2 is 1.82 bits per heavy atom. The molecule has 0 bridgehead atoms. The third kappa shape index (κ3) is 4.66. The first-order valence-electron chi connectivity index (χ1n) is 6.83. The highest BCUT2D eigenvalue weighted by Crippen LogP contribution is 2.39. The molecule has 0 heterocycles. The monoisotopic (exact) mass is 240 g/mol. The number of rotatable bonds is 4. The van der Waals surface area contributed by atoms with Gasteiger partial charge in [-0.1, -0.05) is 20.8 Å². The molecule has 0 aromatic heterocycles. The number of carbonyl (C=O) groups excluding carboxylic acids is 1. The molecule has 3 heteroatoms. The van der Waals surface area contributed by atoms with Crippen molar-refractivity contribution in [1.82, 2.24) is 5.32 Å². The molecule has 0 spiro atoms. The minimum Gasteiger partial charge on any atom is -0.368 e. The average Bonchev–Trinajstić information content (AvgIpc) is 2.25. The second-order valence-corrected chi connectivity index (χ2v) is 6.62. The first kappa shape index (κ1) is 14.5. The van der Waals surface area contributed by atoms with Crippen molar-refractivity contribution in [2.45, 2.75) is 59.4 Å². The number of hydrogen-bond donors (Lipinski definition) is 2. The van der Waals surface area contributed by atoms with E-state index in [1.165, 1.54) is 25.7 Å². The summed E-state index contributed by atoms with van der Waals surface area (Å²) >= 11 is 0. The Balaban J connectivity index is 2.26. The minimum atomic E-state index is -0.256. The van der Waals surface area contributed by atoms with Gasteiger partial charge in [0.05, 0.1) is 6.04 Å². The van der Waals surface area contributed by atoms with Crippen molar-refractivity contribution in [1.29, 1.82) is 0 Å². The highest BCUT2D eigenvalue weighted by atomic mass is 16.1. The van der Waals surface area contributed by atoms with Gasteiger partial charge in [0.25, 0.3) is 0 Å². The van der Waals surface area contributed by atoms with E-state index >= 15 is 0 Å². The lowest BCUT2D eigenvalue weighted by atomic mass is 9.70. The highest BCUT2D eigenvalue weighted by Gasteiger charge is 2.29. The van der Waals surface area contributed by atoms with E-state index in [1.54, 1.807) is 0 Å². The van der Waals surface area contributed by atoms with Crippen molar-refractivity contribution >= 4 is 5.91 Å². The fourth-order valence-corrected chi connectivity index (χ4v) is 2.68. The Kier molecular flexibility index (Phi) is 4.99. The molecular weight excluding hydrogens is 212 g/mol. The van der Waals surface area contributed by atoms with E-state index in [0.29, 0.717) is 5.41 Å². The van der Waals surface area contributed by atoms with E-state index in [-0.39, 0.29) is 11.9 Å². The van der Waals surface area contributed by atoms with Crippen LogP contribution >= 0.6 is 0 Å². The van der Waals surface area contributed by atoms with Gasteiger partial charge in [0, 0.05) is 0 Å². The Bertz CT molecular complexity index is 249. The molecule has 0 aromatic carbocycles. The van der Waals surface area contributed by atoms with Crippen LogP contribution in [0.2, 0.25) is 0 Å². The van der Waals surface area contributed by atoms with Crippen molar-refractivity contribution < 1.29 is 4.79 Å². The second kappa shape index (κ2) is 5.85. The topological polar surface area (TPSA) is 55.1 Å². The number of primary amides is 1. The van der Waals surface area contributed by atoms with Gasteiger partial charge in [0.15, 0.2) is 0 Å². The third-order valence-corrected chi connectivity index (χ3v) is 4.21. The second-order valence-electron chi connectivity index (χ2n) is 6.62. The molecule has 0 aromatic rings. The number of nitrogens with one attached hydrogen (secondary N) is 1. The zero-order chi connectivity index (χ0) is 13.1. The lowest BCUT2D eigenvalue weighted by Crippen LogP contribution is -2.41. The SMILES string of the molecule is CC(NCC1CCC(C(C)(C)C)CC1)C(N)=O. The average molecular weight is 240 g/mol. The van der Waals surface area contributed by atoms with Gasteiger partial charge in [-0.15, -0.1) is 0 Å². The summed E-state index contributed by atoms with van der Waals surface area (Å²) in [6.07, 6.45) is 5.20. The first-order chi connectivity index (χ1) is 7.80. The molecule has 3 nitrogen and oxygen atoms in total. The summed E-state index contributed by atoms with van der Waals surface area (Å²) in [5.41, 5.74) is 5.67. The molecule has 17 heavy (non-hydrogen) atoms. The highest BCUT2D eigenvalue weighted by molar-refractivity contribution is 5.79. The molecule has 1 aliphatic carbocycles. The van der Waals surface area contributed by atoms with Crippen molar-refractivity contribution in [3.05, 3.63) is 0 Å². The summed E-state index contributed by atoms with van der Waals surface area (Å²) in [6, 6.07) is -0.199. The normalized spacial score (nSPS) is 27.8. The summed E-state index contributed by atoms with van der Waals surface area (Å²) in [5, 5.41) is 3.23. The fraction of sp³-hybridized carbons (Fsp3) is 0.929. The molecular formula is C14H28N2O. The van der Waals surface area contributed by atoms with Crippen LogP contribution in [-0.4, -0.2) is 18.5 Å². The first-order valence-corrected chi connectivity index (χ1v) is 6.83. The van der Waals surface area contributed by atoms with E-state index in [0.717, 1.165) is 18.4 Å². The van der Waals surface area contributed by atoms with Gasteiger partial charge >= 0.3 is 0 Å². The van der Waals surface area contributed by atoms with Gasteiger partial charge in [-0.3, -0.25) is 4.79 Å². The predicted molar refractivity (Wildman–Crippen MR) is 71.6 cm³/mol. The fourth-order valence-electron chi connectivity index (χ4n) is 2.68. The maximum absolute atomic E-state index is 10.9. The summed E-state index contributed by atoms with van der Waals surface area (Å²) < 4.78 is 0. The van der Waals surface area contributed by atoms with E-state index in [4.69, 9.17) is 5.73 Å². The maximum Gasteiger partial charge on any atom is 0.234 e. The van der Waals surface area contributed by atoms with Crippen LogP contribution in [0.15, 0.2) is 0 Å². The third-order valence-electron chi connectivity index (χ3n) is 4.21. The van der Waals surface area contributed by atoms with E-state index in [1.807, 2.05) is 6.92 Å². The molecule has 1 aliphatic rings. The molecule has 1 fully saturated rings. The molecule has 1 amide bonds. The Labute approximate surface area is 106 Å². The molecule has 100 valence electrons. The number of carbonyl (C=O) groups is 1. The van der Waals surface area contributed by atoms with Gasteiger partial charge in [-0.2, -0.15) is 0 Å². The lowest BCUT2D eigenvalue weighted by molar-refractivity contribution is -0.119. The van der Waals surface area contributed by atoms with Gasteiger partial charge < -0.3 is 11.1 Å². The summed E-state index contributed by atoms with van der Waals surface area (Å²) in [4.78, 5) is 10.9. The van der Waals surface area contributed by atoms with Crippen LogP contribution in [0.25, 0.3) is 0 Å². The van der Waals surface area contributed by atoms with E-state index in [2.05, 4.69) is 26.1 Å². The smallest absolute Gasteiger partial charge is 0.234 e. The van der Waals surface area contributed by atoms with Crippen LogP contribution in [0, 0.1) is 17.3 Å². The Hall–Kier alpha value is -0.570. The van der Waals surface area contributed by atoms with E-state index < -0.39 is 0 Å². The van der Waals surface area contributed by atoms with Gasteiger partial charge in [0.2, 0.25) is 5.91 Å². The number of hydrogen-bond acceptors (Lipinski definition) is 2. The van der Waals surface area contributed by atoms with Crippen molar-refractivity contribution in [2.75, 3.05) is 6.54 Å². The Morgan fingerprint density at radius 1 is 1.29 bits per heavy atom. The van der Waals surface area contributed by atoms with E-state index in [9.17, 15) is 4.79 Å². The van der Waals surface area contributed by atoms with Crippen LogP contribution < -0.4 is 11.1 Å². The van der Waals surface area contributed by atoms with Crippen molar-refractivity contribution in [2.24, 2.45) is 23.0 Å². The largest absolute Gasteiger partial charge is 0.368 e. The molecule has 1 unspecified atom stereocenters. The number of amides is 1. The van der Waals surface area contributed by atoms with Crippen LogP contribution in [0.4, 0.5) is 0 Å². The molecule has 1 atom stereocenters. The van der Waals surface area contributed by atoms with Crippen LogP contribution in [0.5, 0.6) is 0 Å². The van der Waals surface area contributed by atoms with Gasteiger partial charge in [-0.25, -0.2) is 0 Å². The zero-order valence-electron chi connectivity index (χ0n) is 11.8. The molecule has 3 N–H and O–H groups in total. The summed E-state index contributed by atoms with van der Waals surface area (Å²) in [7, 11) is 0. The molecule has 0 aliphatic heterocycles. The molecule has 1 rings (SSSR count). The Morgan fingerprint density at radius 3 is 2.24 bits per heavy atom. The molecule has 0 radical (unpaired) electrons. The standard InChI is InChI=1S/C14H28N2O/c1-10(13(15)17)16-9-11-5-7-12(8-6-11)14(2,3)4/h10-12,16H,5-9H2,1-4H3,(H2,15,17). The van der Waals surface area contributed by atoms with Crippen molar-refractivity contribution in [3.8, 4) is 0 Å². The maximum atomic E-state index is 10.9. The van der Waals surface area contributed by atoms with Crippen molar-refractivity contribution in [3.63, 3.8) is 0 Å². The summed E-state index contributed by atoms with van der Waals surface area (Å²) in [6.45, 7) is 9.78. The quantitative estimate of drug-likeness (QED) is 0.792. The van der Waals surface area contributed by atoms with Gasteiger partial charge in [-0.05, 0) is 56.4 Å². The predicted octanol–water partition coefficient (Wildman–Crippen LogP) is 2.30. The number of nitrogens with two attached hydrogens (primary N) is 1. The summed E-state index contributed by atoms with van der Waals surface area (Å²) in [5.74, 6) is 1.32. The van der Waals surface area contributed by atoms with Crippen LogP contribution in [0.1, 0.15) is 53.4 Å². The van der Waals surface area contributed by atoms with Crippen LogP contribution in [-0.2, 0) is 4.79 Å².